The predicted molar refractivity (Wildman–Crippen MR) is 125 cm³/mol. The Morgan fingerprint density at radius 3 is 2.83 bits per heavy atom. The number of halogens is 1. The van der Waals surface area contributed by atoms with E-state index >= 15 is 4.39 Å². The van der Waals surface area contributed by atoms with Crippen LogP contribution in [0.15, 0.2) is 60.3 Å². The number of aliphatic hydroxyl groups is 1. The number of carbonyl (C=O) groups excluding carboxylic acids is 2. The first-order chi connectivity index (χ1) is 17.2. The molecule has 3 amide bonds. The van der Waals surface area contributed by atoms with E-state index in [0.717, 1.165) is 0 Å². The topological polar surface area (TPSA) is 136 Å². The smallest absolute Gasteiger partial charge is 0.413 e. The number of aliphatic hydroxyl groups excluding tert-OH is 1. The molecule has 13 heteroatoms. The second kappa shape index (κ2) is 8.69. The molecule has 4 aliphatic rings. The number of urea groups is 1. The number of allylic oxidation sites excluding steroid dienone is 1. The number of amidine groups is 1. The molecule has 11 nitrogen and oxygen atoms in total. The van der Waals surface area contributed by atoms with Crippen LogP contribution in [0, 0.1) is 0 Å². The lowest BCUT2D eigenvalue weighted by Crippen LogP contribution is -2.55. The second-order valence-electron chi connectivity index (χ2n) is 8.99. The highest BCUT2D eigenvalue weighted by molar-refractivity contribution is 7.52. The maximum absolute atomic E-state index is 15.6. The molecular formula is C23H27FN4O7P+. The van der Waals surface area contributed by atoms with Crippen LogP contribution in [-0.4, -0.2) is 70.7 Å². The van der Waals surface area contributed by atoms with Gasteiger partial charge in [-0.1, -0.05) is 24.3 Å². The summed E-state index contributed by atoms with van der Waals surface area (Å²) in [5.41, 5.74) is -3.80. The van der Waals surface area contributed by atoms with Gasteiger partial charge in [0.1, 0.15) is 30.0 Å². The zero-order valence-corrected chi connectivity index (χ0v) is 20.4. The third-order valence-electron chi connectivity index (χ3n) is 6.97. The SMILES string of the molecule is C=CCCCC(=O)NC1=NC(=O)[N+]2(C=C1)C1C3(F)C(O)C(COP(=O)(NC)Oc4ccccc4)OC132. The number of hydrogen-bond acceptors (Lipinski definition) is 7. The van der Waals surface area contributed by atoms with Crippen LogP contribution in [0.1, 0.15) is 19.3 Å². The van der Waals surface area contributed by atoms with Gasteiger partial charge < -0.3 is 19.7 Å². The summed E-state index contributed by atoms with van der Waals surface area (Å²) in [5, 5.41) is 15.6. The van der Waals surface area contributed by atoms with E-state index in [2.05, 4.69) is 22.0 Å². The fourth-order valence-electron chi connectivity index (χ4n) is 5.17. The molecule has 192 valence electrons. The van der Waals surface area contributed by atoms with Gasteiger partial charge in [-0.25, -0.2) is 18.8 Å². The summed E-state index contributed by atoms with van der Waals surface area (Å²) in [6.45, 7) is 3.15. The highest BCUT2D eigenvalue weighted by Crippen LogP contribution is 2.84. The molecule has 3 aliphatic heterocycles. The van der Waals surface area contributed by atoms with Crippen LogP contribution in [0.2, 0.25) is 0 Å². The number of nitrogens with one attached hydrogen (secondary N) is 2. The van der Waals surface area contributed by atoms with Crippen LogP contribution in [0.25, 0.3) is 0 Å². The lowest BCUT2D eigenvalue weighted by atomic mass is 10.1. The molecule has 36 heavy (non-hydrogen) atoms. The van der Waals surface area contributed by atoms with Crippen LogP contribution in [0.4, 0.5) is 9.18 Å². The van der Waals surface area contributed by atoms with E-state index in [-0.39, 0.29) is 18.2 Å². The quantitative estimate of drug-likeness (QED) is 0.140. The van der Waals surface area contributed by atoms with Crippen LogP contribution < -0.4 is 14.9 Å². The first kappa shape index (κ1) is 24.9. The maximum Gasteiger partial charge on any atom is 0.458 e. The van der Waals surface area contributed by atoms with Crippen molar-refractivity contribution in [1.82, 2.24) is 10.4 Å². The number of aliphatic imine (C=N–C) groups is 1. The molecular weight excluding hydrogens is 494 g/mol. The number of rotatable bonds is 10. The molecule has 7 unspecified atom stereocenters. The second-order valence-corrected chi connectivity index (χ2v) is 10.9. The standard InChI is InChI=1S/C23H26FN4O7P/c1-3-4-6-11-18(29)26-17-12-13-28(21(31)27-17)20-22(24)19(30)16(34-23(20,22)28)14-33-36(32,25-2)35-15-9-7-5-8-10-15/h3,5,7-10,12-13,16,19-20,30H,1,4,6,11,14H2,2H3,(H-,25,26,27,29,31,32)/p+1. The van der Waals surface area contributed by atoms with Gasteiger partial charge in [0, 0.05) is 12.5 Å². The van der Waals surface area contributed by atoms with Crippen molar-refractivity contribution >= 4 is 25.5 Å². The summed E-state index contributed by atoms with van der Waals surface area (Å²) in [4.78, 5) is 28.8. The van der Waals surface area contributed by atoms with Crippen molar-refractivity contribution in [1.29, 1.82) is 0 Å². The Kier molecular flexibility index (Phi) is 6.02. The monoisotopic (exact) mass is 521 g/mol. The van der Waals surface area contributed by atoms with Crippen molar-refractivity contribution in [2.24, 2.45) is 4.99 Å². The van der Waals surface area contributed by atoms with Gasteiger partial charge in [0.2, 0.25) is 11.9 Å². The van der Waals surface area contributed by atoms with Gasteiger partial charge >= 0.3 is 19.5 Å². The number of alkyl halides is 1. The van der Waals surface area contributed by atoms with Crippen molar-refractivity contribution in [3.05, 3.63) is 55.3 Å². The number of nitrogens with zero attached hydrogens (tertiary/aromatic N) is 2. The average molecular weight is 521 g/mol. The van der Waals surface area contributed by atoms with Crippen molar-refractivity contribution in [2.45, 2.75) is 48.9 Å². The molecule has 3 fully saturated rings. The molecule has 3 N–H and O–H groups in total. The third kappa shape index (κ3) is 3.44. The lowest BCUT2D eigenvalue weighted by molar-refractivity contribution is -0.767. The van der Waals surface area contributed by atoms with E-state index in [0.29, 0.717) is 18.6 Å². The molecule has 0 bridgehead atoms. The first-order valence-corrected chi connectivity index (χ1v) is 13.1. The molecule has 0 radical (unpaired) electrons. The molecule has 1 saturated carbocycles. The van der Waals surface area contributed by atoms with Crippen LogP contribution >= 0.6 is 7.75 Å². The first-order valence-electron chi connectivity index (χ1n) is 11.5. The van der Waals surface area contributed by atoms with Crippen molar-refractivity contribution in [3.8, 4) is 5.75 Å². The molecule has 2 saturated heterocycles. The van der Waals surface area contributed by atoms with E-state index in [1.165, 1.54) is 19.3 Å². The Balaban J connectivity index is 1.22. The number of ether oxygens (including phenoxy) is 1. The number of unbranched alkanes of at least 4 members (excludes halogenated alkanes) is 1. The lowest BCUT2D eigenvalue weighted by Gasteiger charge is -2.26. The molecule has 0 aromatic heterocycles. The molecule has 5 rings (SSSR count). The molecule has 1 aromatic rings. The van der Waals surface area contributed by atoms with E-state index in [1.54, 1.807) is 36.4 Å². The van der Waals surface area contributed by atoms with Gasteiger partial charge in [-0.15, -0.1) is 11.6 Å². The van der Waals surface area contributed by atoms with Crippen molar-refractivity contribution in [2.75, 3.05) is 13.7 Å². The fourth-order valence-corrected chi connectivity index (χ4v) is 6.19. The van der Waals surface area contributed by atoms with Gasteiger partial charge in [-0.3, -0.25) is 9.32 Å². The Hall–Kier alpha value is -2.73. The largest absolute Gasteiger partial charge is 0.458 e. The summed E-state index contributed by atoms with van der Waals surface area (Å²) in [6, 6.07) is 6.67. The van der Waals surface area contributed by atoms with E-state index in [1.807, 2.05) is 0 Å². The summed E-state index contributed by atoms with van der Waals surface area (Å²) < 4.78 is 44.6. The minimum absolute atomic E-state index is 0.0611. The zero-order chi connectivity index (χ0) is 25.8. The molecule has 1 aromatic carbocycles. The minimum atomic E-state index is -3.84. The van der Waals surface area contributed by atoms with Crippen molar-refractivity contribution < 1.29 is 41.9 Å². The number of fused-ring (bicyclic) bond motifs is 2. The molecule has 1 aliphatic carbocycles. The van der Waals surface area contributed by atoms with Crippen LogP contribution in [0.3, 0.4) is 0 Å². The molecule has 2 spiro atoms. The van der Waals surface area contributed by atoms with Crippen LogP contribution in [-0.2, 0) is 18.6 Å². The number of quaternary nitrogens is 1. The van der Waals surface area contributed by atoms with Gasteiger partial charge in [-0.2, -0.15) is 4.48 Å². The molecule has 7 atom stereocenters. The maximum atomic E-state index is 15.6. The van der Waals surface area contributed by atoms with Gasteiger partial charge in [-0.05, 0) is 32.0 Å². The normalized spacial score (nSPS) is 36.9. The highest BCUT2D eigenvalue weighted by Gasteiger charge is 3.20. The summed E-state index contributed by atoms with van der Waals surface area (Å²) in [6.07, 6.45) is 3.30. The third-order valence-corrected chi connectivity index (χ3v) is 8.46. The number of para-hydroxylation sites is 1. The number of amides is 3. The zero-order valence-electron chi connectivity index (χ0n) is 19.5. The number of hydrogen-bond donors (Lipinski definition) is 3. The average Bonchev–Trinajstić information content (AvgIpc) is 3.64. The Morgan fingerprint density at radius 1 is 1.42 bits per heavy atom. The Labute approximate surface area is 206 Å². The van der Waals surface area contributed by atoms with Crippen LogP contribution in [0.5, 0.6) is 5.75 Å². The predicted octanol–water partition coefficient (Wildman–Crippen LogP) is 2.30. The summed E-state index contributed by atoms with van der Waals surface area (Å²) in [7, 11) is -2.46. The van der Waals surface area contributed by atoms with Gasteiger partial charge in [0.05, 0.1) is 6.61 Å². The van der Waals surface area contributed by atoms with Crippen molar-refractivity contribution in [3.63, 3.8) is 0 Å². The Morgan fingerprint density at radius 2 is 2.17 bits per heavy atom. The van der Waals surface area contributed by atoms with Gasteiger partial charge in [0.25, 0.3) is 5.67 Å². The van der Waals surface area contributed by atoms with E-state index in [4.69, 9.17) is 13.8 Å². The van der Waals surface area contributed by atoms with E-state index < -0.39 is 54.5 Å². The van der Waals surface area contributed by atoms with Gasteiger partial charge in [0.15, 0.2) is 0 Å². The fraction of sp³-hybridized carbons (Fsp3) is 0.435. The summed E-state index contributed by atoms with van der Waals surface area (Å²) >= 11 is 0. The molecule has 3 heterocycles. The highest BCUT2D eigenvalue weighted by atomic mass is 31.2. The minimum Gasteiger partial charge on any atom is -0.413 e. The van der Waals surface area contributed by atoms with E-state index in [9.17, 15) is 19.3 Å². The Bertz CT molecular complexity index is 1210. The number of benzene rings is 1. The number of carbonyl (C=O) groups is 2. The summed E-state index contributed by atoms with van der Waals surface area (Å²) in [5.74, 6) is 0.0570.